The quantitative estimate of drug-likeness (QED) is 0.705. The number of amides is 2. The molecule has 0 aliphatic carbocycles. The summed E-state index contributed by atoms with van der Waals surface area (Å²) < 4.78 is 7.49. The molecule has 1 fully saturated rings. The van der Waals surface area contributed by atoms with Crippen LogP contribution < -0.4 is 0 Å². The third-order valence-electron chi connectivity index (χ3n) is 1.96. The lowest BCUT2D eigenvalue weighted by molar-refractivity contribution is -0.124. The van der Waals surface area contributed by atoms with Crippen LogP contribution in [0.2, 0.25) is 0 Å². The number of hydrogen-bond donors (Lipinski definition) is 0. The minimum absolute atomic E-state index is 0.0251. The van der Waals surface area contributed by atoms with Gasteiger partial charge in [0.05, 0.1) is 0 Å². The van der Waals surface area contributed by atoms with E-state index in [1.165, 1.54) is 0 Å². The SMILES string of the molecule is CC(=O)N1P(N(C)C)N(C(C)=O)P1N(C)C. The first kappa shape index (κ1) is 13.8. The molecular weight excluding hydrogens is 246 g/mol. The molecule has 0 radical (unpaired) electrons. The summed E-state index contributed by atoms with van der Waals surface area (Å²) in [5, 5.41) is 0. The van der Waals surface area contributed by atoms with E-state index in [0.29, 0.717) is 0 Å². The molecule has 0 unspecified atom stereocenters. The van der Waals surface area contributed by atoms with Crippen LogP contribution in [0.5, 0.6) is 0 Å². The second kappa shape index (κ2) is 4.92. The van der Waals surface area contributed by atoms with Crippen molar-refractivity contribution in [2.45, 2.75) is 13.8 Å². The summed E-state index contributed by atoms with van der Waals surface area (Å²) in [5.41, 5.74) is 0. The van der Waals surface area contributed by atoms with Gasteiger partial charge in [0.15, 0.2) is 16.7 Å². The highest BCUT2D eigenvalue weighted by atomic mass is 31.3. The van der Waals surface area contributed by atoms with E-state index in [2.05, 4.69) is 0 Å². The number of carbonyl (C=O) groups is 2. The summed E-state index contributed by atoms with van der Waals surface area (Å²) >= 11 is 0. The summed E-state index contributed by atoms with van der Waals surface area (Å²) in [5.74, 6) is 0.0502. The van der Waals surface area contributed by atoms with E-state index in [1.807, 2.05) is 46.4 Å². The average molecular weight is 264 g/mol. The van der Waals surface area contributed by atoms with Crippen molar-refractivity contribution in [2.75, 3.05) is 28.2 Å². The van der Waals surface area contributed by atoms with Crippen molar-refractivity contribution in [1.82, 2.24) is 18.2 Å². The normalized spacial score (nSPS) is 25.0. The fraction of sp³-hybridized carbons (Fsp3) is 0.750. The Morgan fingerprint density at radius 1 is 0.812 bits per heavy atom. The van der Waals surface area contributed by atoms with Gasteiger partial charge in [-0.2, -0.15) is 0 Å². The van der Waals surface area contributed by atoms with E-state index >= 15 is 0 Å². The minimum Gasteiger partial charge on any atom is -0.274 e. The molecule has 1 rings (SSSR count). The third kappa shape index (κ3) is 2.21. The van der Waals surface area contributed by atoms with Crippen molar-refractivity contribution in [3.63, 3.8) is 0 Å². The Hall–Kier alpha value is -0.280. The van der Waals surface area contributed by atoms with Gasteiger partial charge in [-0.3, -0.25) is 18.9 Å². The van der Waals surface area contributed by atoms with E-state index in [4.69, 9.17) is 0 Å². The maximum absolute atomic E-state index is 11.6. The molecule has 1 heterocycles. The van der Waals surface area contributed by atoms with Crippen LogP contribution in [0, 0.1) is 0 Å². The summed E-state index contributed by atoms with van der Waals surface area (Å²) in [7, 11) is 5.66. The zero-order valence-corrected chi connectivity index (χ0v) is 12.3. The lowest BCUT2D eigenvalue weighted by atomic mass is 10.8. The van der Waals surface area contributed by atoms with Crippen molar-refractivity contribution in [3.05, 3.63) is 0 Å². The molecule has 2 amide bonds. The molecule has 0 spiro atoms. The van der Waals surface area contributed by atoms with Gasteiger partial charge in [0.25, 0.3) is 0 Å². The van der Waals surface area contributed by atoms with E-state index in [-0.39, 0.29) is 11.8 Å². The minimum atomic E-state index is -0.946. The highest BCUT2D eigenvalue weighted by Crippen LogP contribution is 2.77. The number of carbonyl (C=O) groups excluding carboxylic acids is 2. The predicted molar refractivity (Wildman–Crippen MR) is 66.3 cm³/mol. The molecule has 1 aliphatic heterocycles. The highest BCUT2D eigenvalue weighted by molar-refractivity contribution is 7.82. The maximum atomic E-state index is 11.6. The van der Waals surface area contributed by atoms with Crippen molar-refractivity contribution in [2.24, 2.45) is 0 Å². The molecule has 0 bridgehead atoms. The van der Waals surface area contributed by atoms with Gasteiger partial charge in [-0.05, 0) is 28.2 Å². The van der Waals surface area contributed by atoms with Gasteiger partial charge in [-0.25, -0.2) is 8.88 Å². The Morgan fingerprint density at radius 2 is 1.06 bits per heavy atom. The fourth-order valence-corrected chi connectivity index (χ4v) is 7.64. The topological polar surface area (TPSA) is 47.1 Å². The van der Waals surface area contributed by atoms with Gasteiger partial charge in [-0.1, -0.05) is 0 Å². The lowest BCUT2D eigenvalue weighted by Crippen LogP contribution is -2.49. The van der Waals surface area contributed by atoms with Crippen LogP contribution in [0.3, 0.4) is 0 Å². The van der Waals surface area contributed by atoms with Gasteiger partial charge >= 0.3 is 0 Å². The van der Waals surface area contributed by atoms with E-state index in [0.717, 1.165) is 0 Å². The molecule has 1 saturated heterocycles. The number of rotatable bonds is 2. The van der Waals surface area contributed by atoms with Crippen molar-refractivity contribution < 1.29 is 9.59 Å². The molecule has 6 nitrogen and oxygen atoms in total. The first-order chi connectivity index (χ1) is 7.29. The summed E-state index contributed by atoms with van der Waals surface area (Å²) in [6.07, 6.45) is 0. The molecular formula is C8H18N4O2P2. The predicted octanol–water partition coefficient (Wildman–Crippen LogP) is 1.27. The molecule has 0 aromatic rings. The molecule has 8 heteroatoms. The Morgan fingerprint density at radius 3 is 1.19 bits per heavy atom. The summed E-state index contributed by atoms with van der Waals surface area (Å²) in [6, 6.07) is 0. The first-order valence-electron chi connectivity index (χ1n) is 4.84. The van der Waals surface area contributed by atoms with Crippen LogP contribution in [0.25, 0.3) is 0 Å². The van der Waals surface area contributed by atoms with Gasteiger partial charge in [0.1, 0.15) is 0 Å². The van der Waals surface area contributed by atoms with Crippen LogP contribution >= 0.6 is 16.7 Å². The lowest BCUT2D eigenvalue weighted by Gasteiger charge is -2.57. The largest absolute Gasteiger partial charge is 0.274 e. The van der Waals surface area contributed by atoms with Gasteiger partial charge in [-0.15, -0.1) is 0 Å². The average Bonchev–Trinajstić information content (AvgIpc) is 1.97. The molecule has 0 N–H and O–H groups in total. The van der Waals surface area contributed by atoms with Crippen LogP contribution in [-0.2, 0) is 9.59 Å². The molecule has 0 aromatic carbocycles. The van der Waals surface area contributed by atoms with E-state index < -0.39 is 16.7 Å². The Kier molecular flexibility index (Phi) is 4.24. The first-order valence-corrected chi connectivity index (χ1v) is 7.24. The number of hydrogen-bond acceptors (Lipinski definition) is 4. The zero-order valence-electron chi connectivity index (χ0n) is 10.5. The van der Waals surface area contributed by atoms with Crippen molar-refractivity contribution >= 4 is 28.6 Å². The Bertz CT molecular complexity index is 272. The smallest absolute Gasteiger partial charge is 0.230 e. The van der Waals surface area contributed by atoms with Crippen LogP contribution in [0.4, 0.5) is 0 Å². The third-order valence-corrected chi connectivity index (χ3v) is 7.79. The second-order valence-electron chi connectivity index (χ2n) is 3.85. The molecule has 0 aromatic heterocycles. The molecule has 0 atom stereocenters. The Labute approximate surface area is 99.0 Å². The Balaban J connectivity index is 2.98. The van der Waals surface area contributed by atoms with E-state index in [9.17, 15) is 9.59 Å². The van der Waals surface area contributed by atoms with E-state index in [1.54, 1.807) is 13.8 Å². The monoisotopic (exact) mass is 264 g/mol. The summed E-state index contributed by atoms with van der Waals surface area (Å²) in [6.45, 7) is 3.10. The van der Waals surface area contributed by atoms with Crippen LogP contribution in [0.15, 0.2) is 0 Å². The molecule has 0 saturated carbocycles. The second-order valence-corrected chi connectivity index (χ2v) is 8.75. The number of nitrogens with zero attached hydrogens (tertiary/aromatic N) is 4. The fourth-order valence-electron chi connectivity index (χ4n) is 1.45. The van der Waals surface area contributed by atoms with Gasteiger partial charge in [0, 0.05) is 13.8 Å². The van der Waals surface area contributed by atoms with Crippen molar-refractivity contribution in [3.8, 4) is 0 Å². The molecule has 92 valence electrons. The van der Waals surface area contributed by atoms with Crippen LogP contribution in [-0.4, -0.2) is 58.2 Å². The maximum Gasteiger partial charge on any atom is 0.230 e. The molecule has 1 aliphatic rings. The standard InChI is InChI=1S/C8H18N4O2P2/c1-7(13)11-15(9(3)4)12(8(2)14)16(11)10(5)6/h1-6H3. The van der Waals surface area contributed by atoms with Crippen molar-refractivity contribution in [1.29, 1.82) is 0 Å². The summed E-state index contributed by atoms with van der Waals surface area (Å²) in [4.78, 5) is 23.2. The van der Waals surface area contributed by atoms with Gasteiger partial charge < -0.3 is 0 Å². The van der Waals surface area contributed by atoms with Crippen LogP contribution in [0.1, 0.15) is 13.8 Å². The van der Waals surface area contributed by atoms with Gasteiger partial charge in [0.2, 0.25) is 11.8 Å². The zero-order chi connectivity index (χ0) is 12.6. The highest BCUT2D eigenvalue weighted by Gasteiger charge is 2.53. The molecule has 16 heavy (non-hydrogen) atoms.